The van der Waals surface area contributed by atoms with Crippen molar-refractivity contribution in [3.63, 3.8) is 0 Å². The maximum atomic E-state index is 13.8. The molecule has 218 valence electrons. The summed E-state index contributed by atoms with van der Waals surface area (Å²) in [7, 11) is 0. The molecule has 3 rings (SSSR count). The number of fused-ring (bicyclic) bond motifs is 3. The molecule has 0 saturated heterocycles. The Bertz CT molecular complexity index is 1230. The van der Waals surface area contributed by atoms with Crippen LogP contribution in [0.1, 0.15) is 100 Å². The first-order chi connectivity index (χ1) is 18.8. The minimum Gasteiger partial charge on any atom is -0.396 e. The second-order valence-electron chi connectivity index (χ2n) is 10.7. The third-order valence-corrected chi connectivity index (χ3v) is 8.93. The van der Waals surface area contributed by atoms with Gasteiger partial charge in [0.15, 0.2) is 0 Å². The van der Waals surface area contributed by atoms with Crippen molar-refractivity contribution < 1.29 is 18.3 Å². The molecule has 0 aliphatic heterocycles. The molecule has 0 radical (unpaired) electrons. The number of alkyl halides is 3. The highest BCUT2D eigenvalue weighted by molar-refractivity contribution is 7.99. The minimum atomic E-state index is -4.59. The molecule has 0 aliphatic carbocycles. The standard InChI is InChI=1S/C31H45F3N2O2S/c1-23-24(2)36(27-17-16-26-30(29(23)27)25(31(32,33)34)22-28(38)35-26)18-12-8-11-15-21-39-20-14-10-7-5-3-4-6-9-13-19-37/h16-17,22,37H,3-15,18-21H2,1-2H3,(H,35,38). The molecule has 3 aromatic rings. The molecule has 0 amide bonds. The highest BCUT2D eigenvalue weighted by Crippen LogP contribution is 2.39. The third kappa shape index (κ3) is 9.04. The molecule has 0 saturated carbocycles. The van der Waals surface area contributed by atoms with Crippen molar-refractivity contribution in [2.75, 3.05) is 18.1 Å². The summed E-state index contributed by atoms with van der Waals surface area (Å²) in [6.07, 6.45) is 11.1. The lowest BCUT2D eigenvalue weighted by Crippen LogP contribution is -2.14. The van der Waals surface area contributed by atoms with E-state index in [1.807, 2.05) is 19.9 Å². The molecule has 0 fully saturated rings. The van der Waals surface area contributed by atoms with Gasteiger partial charge in [-0.25, -0.2) is 0 Å². The zero-order chi connectivity index (χ0) is 28.3. The Morgan fingerprint density at radius 1 is 0.821 bits per heavy atom. The van der Waals surface area contributed by atoms with Crippen LogP contribution in [-0.4, -0.2) is 32.8 Å². The van der Waals surface area contributed by atoms with Gasteiger partial charge in [-0.15, -0.1) is 0 Å². The predicted molar refractivity (Wildman–Crippen MR) is 159 cm³/mol. The lowest BCUT2D eigenvalue weighted by atomic mass is 10.0. The zero-order valence-corrected chi connectivity index (χ0v) is 24.4. The van der Waals surface area contributed by atoms with E-state index in [2.05, 4.69) is 21.3 Å². The van der Waals surface area contributed by atoms with Crippen LogP contribution in [0.5, 0.6) is 0 Å². The second kappa shape index (κ2) is 15.8. The molecule has 4 nitrogen and oxygen atoms in total. The maximum Gasteiger partial charge on any atom is 0.417 e. The van der Waals surface area contributed by atoms with E-state index in [4.69, 9.17) is 5.11 Å². The predicted octanol–water partition coefficient (Wildman–Crippen LogP) is 8.92. The zero-order valence-electron chi connectivity index (χ0n) is 23.6. The Kier molecular flexibility index (Phi) is 12.8. The molecule has 1 aromatic carbocycles. The van der Waals surface area contributed by atoms with Gasteiger partial charge < -0.3 is 14.7 Å². The number of thioether (sulfide) groups is 1. The molecule has 0 bridgehead atoms. The van der Waals surface area contributed by atoms with Crippen LogP contribution < -0.4 is 5.56 Å². The monoisotopic (exact) mass is 566 g/mol. The van der Waals surface area contributed by atoms with Gasteiger partial charge in [0, 0.05) is 46.7 Å². The number of aryl methyl sites for hydroxylation is 2. The van der Waals surface area contributed by atoms with E-state index in [-0.39, 0.29) is 10.9 Å². The van der Waals surface area contributed by atoms with Crippen LogP contribution in [-0.2, 0) is 12.7 Å². The highest BCUT2D eigenvalue weighted by Gasteiger charge is 2.34. The molecular formula is C31H45F3N2O2S. The fourth-order valence-corrected chi connectivity index (χ4v) is 6.53. The Hall–Kier alpha value is -1.93. The van der Waals surface area contributed by atoms with Crippen molar-refractivity contribution >= 4 is 33.6 Å². The Balaban J connectivity index is 1.39. The summed E-state index contributed by atoms with van der Waals surface area (Å²) < 4.78 is 43.6. The first kappa shape index (κ1) is 31.6. The average Bonchev–Trinajstić information content (AvgIpc) is 3.14. The quantitative estimate of drug-likeness (QED) is 0.151. The van der Waals surface area contributed by atoms with Gasteiger partial charge >= 0.3 is 6.18 Å². The van der Waals surface area contributed by atoms with Crippen LogP contribution in [0.3, 0.4) is 0 Å². The van der Waals surface area contributed by atoms with E-state index in [0.29, 0.717) is 18.1 Å². The number of benzene rings is 1. The van der Waals surface area contributed by atoms with Crippen LogP contribution in [0.2, 0.25) is 0 Å². The Morgan fingerprint density at radius 2 is 1.38 bits per heavy atom. The molecule has 2 N–H and O–H groups in total. The third-order valence-electron chi connectivity index (χ3n) is 7.77. The number of H-pyrrole nitrogens is 1. The number of halogens is 3. The average molecular weight is 567 g/mol. The summed E-state index contributed by atoms with van der Waals surface area (Å²) in [4.78, 5) is 14.4. The lowest BCUT2D eigenvalue weighted by molar-refractivity contribution is -0.136. The smallest absolute Gasteiger partial charge is 0.396 e. The second-order valence-corrected chi connectivity index (χ2v) is 11.9. The molecule has 0 aliphatic rings. The number of aromatic amines is 1. The van der Waals surface area contributed by atoms with E-state index in [1.54, 1.807) is 6.07 Å². The van der Waals surface area contributed by atoms with Gasteiger partial charge in [-0.1, -0.05) is 57.8 Å². The van der Waals surface area contributed by atoms with Gasteiger partial charge in [0.25, 0.3) is 0 Å². The summed E-state index contributed by atoms with van der Waals surface area (Å²) in [6.45, 7) is 4.94. The van der Waals surface area contributed by atoms with Gasteiger partial charge in [-0.3, -0.25) is 4.79 Å². The van der Waals surface area contributed by atoms with Crippen molar-refractivity contribution in [1.29, 1.82) is 0 Å². The van der Waals surface area contributed by atoms with Crippen LogP contribution in [0.15, 0.2) is 23.0 Å². The molecule has 8 heteroatoms. The summed E-state index contributed by atoms with van der Waals surface area (Å²) in [5.74, 6) is 2.43. The number of hydrogen-bond donors (Lipinski definition) is 2. The number of aliphatic hydroxyl groups is 1. The van der Waals surface area contributed by atoms with Gasteiger partial charge in [0.05, 0.1) is 5.56 Å². The van der Waals surface area contributed by atoms with Crippen LogP contribution in [0, 0.1) is 13.8 Å². The van der Waals surface area contributed by atoms with Crippen molar-refractivity contribution in [3.8, 4) is 0 Å². The number of aliphatic hydroxyl groups excluding tert-OH is 1. The van der Waals surface area contributed by atoms with Crippen LogP contribution in [0.25, 0.3) is 21.8 Å². The van der Waals surface area contributed by atoms with Gasteiger partial charge in [-0.05, 0) is 68.7 Å². The van der Waals surface area contributed by atoms with E-state index >= 15 is 0 Å². The molecule has 39 heavy (non-hydrogen) atoms. The van der Waals surface area contributed by atoms with E-state index in [0.717, 1.165) is 49.0 Å². The number of unbranched alkanes of at least 4 members (excludes halogenated alkanes) is 11. The first-order valence-electron chi connectivity index (χ1n) is 14.7. The van der Waals surface area contributed by atoms with E-state index in [1.165, 1.54) is 69.3 Å². The molecule has 2 aromatic heterocycles. The molecule has 0 atom stereocenters. The van der Waals surface area contributed by atoms with Crippen molar-refractivity contribution in [1.82, 2.24) is 9.55 Å². The minimum absolute atomic E-state index is 0.0882. The van der Waals surface area contributed by atoms with Gasteiger partial charge in [-0.2, -0.15) is 24.9 Å². The van der Waals surface area contributed by atoms with Gasteiger partial charge in [0.2, 0.25) is 5.56 Å². The summed E-state index contributed by atoms with van der Waals surface area (Å²) in [5, 5.41) is 9.46. The number of hydrogen-bond acceptors (Lipinski definition) is 3. The summed E-state index contributed by atoms with van der Waals surface area (Å²) in [6, 6.07) is 4.11. The summed E-state index contributed by atoms with van der Waals surface area (Å²) in [5.41, 5.74) is 1.24. The fraction of sp³-hybridized carbons (Fsp3) is 0.645. The number of pyridine rings is 1. The highest BCUT2D eigenvalue weighted by atomic mass is 32.2. The van der Waals surface area contributed by atoms with Gasteiger partial charge in [0.1, 0.15) is 0 Å². The number of nitrogens with zero attached hydrogens (tertiary/aromatic N) is 1. The largest absolute Gasteiger partial charge is 0.417 e. The summed E-state index contributed by atoms with van der Waals surface area (Å²) >= 11 is 2.05. The number of nitrogens with one attached hydrogen (secondary N) is 1. The maximum absolute atomic E-state index is 13.8. The topological polar surface area (TPSA) is 58.0 Å². The SMILES string of the molecule is Cc1c(C)n(CCCCCCSCCCCCCCCCCCO)c2ccc3[nH]c(=O)cc(C(F)(F)F)c3c12. The lowest BCUT2D eigenvalue weighted by Gasteiger charge is -2.12. The molecule has 2 heterocycles. The normalized spacial score (nSPS) is 12.3. The van der Waals surface area contributed by atoms with E-state index < -0.39 is 17.3 Å². The number of aromatic nitrogens is 2. The molecular weight excluding hydrogens is 521 g/mol. The van der Waals surface area contributed by atoms with Crippen LogP contribution >= 0.6 is 11.8 Å². The first-order valence-corrected chi connectivity index (χ1v) is 15.8. The fourth-order valence-electron chi connectivity index (χ4n) is 5.51. The molecule has 0 spiro atoms. The van der Waals surface area contributed by atoms with Crippen molar-refractivity contribution in [2.24, 2.45) is 0 Å². The Morgan fingerprint density at radius 3 is 1.97 bits per heavy atom. The Labute approximate surface area is 234 Å². The van der Waals surface area contributed by atoms with E-state index in [9.17, 15) is 18.0 Å². The van der Waals surface area contributed by atoms with Crippen molar-refractivity contribution in [2.45, 2.75) is 110 Å². The van der Waals surface area contributed by atoms with Crippen molar-refractivity contribution in [3.05, 3.63) is 45.4 Å². The van der Waals surface area contributed by atoms with Crippen LogP contribution in [0.4, 0.5) is 13.2 Å². The number of rotatable bonds is 18. The molecule has 0 unspecified atom stereocenters.